The number of ketones is 1. The summed E-state index contributed by atoms with van der Waals surface area (Å²) in [5, 5.41) is -0.942. The van der Waals surface area contributed by atoms with Crippen LogP contribution in [0.2, 0.25) is 5.02 Å². The number of benzene rings is 1. The largest absolute Gasteiger partial charge is 0.294 e. The van der Waals surface area contributed by atoms with Crippen molar-refractivity contribution in [3.8, 4) is 0 Å². The van der Waals surface area contributed by atoms with Crippen molar-refractivity contribution in [2.24, 2.45) is 0 Å². The molecule has 1 aromatic carbocycles. The molecule has 0 amide bonds. The first-order chi connectivity index (χ1) is 5.95. The first kappa shape index (κ1) is 10.1. The highest BCUT2D eigenvalue weighted by molar-refractivity contribution is 6.31. The van der Waals surface area contributed by atoms with Gasteiger partial charge in [0, 0.05) is 0 Å². The number of carbonyl (C=O) groups is 1. The molecule has 0 bridgehead atoms. The second-order valence-corrected chi connectivity index (χ2v) is 2.78. The van der Waals surface area contributed by atoms with Gasteiger partial charge < -0.3 is 0 Å². The molecular formula is C8H4ClF3O. The van der Waals surface area contributed by atoms with Gasteiger partial charge in [0.1, 0.15) is 10.8 Å². The van der Waals surface area contributed by atoms with E-state index in [1.165, 1.54) is 0 Å². The smallest absolute Gasteiger partial charge is 0.181 e. The molecule has 0 atom stereocenters. The number of Topliss-reactive ketones (excluding diaryl/α,β-unsaturated/α-hetero) is 1. The lowest BCUT2D eigenvalue weighted by molar-refractivity contribution is 0.101. The van der Waals surface area contributed by atoms with Crippen molar-refractivity contribution in [2.75, 3.05) is 0 Å². The summed E-state index contributed by atoms with van der Waals surface area (Å²) in [7, 11) is 0. The number of rotatable bonds is 1. The molecule has 0 spiro atoms. The van der Waals surface area contributed by atoms with Crippen molar-refractivity contribution < 1.29 is 18.0 Å². The molecule has 0 aliphatic heterocycles. The SMILES string of the molecule is CC(=O)c1cc(F)c(Cl)c(F)c1F. The molecule has 0 saturated carbocycles. The first-order valence-electron chi connectivity index (χ1n) is 3.29. The Balaban J connectivity index is 3.50. The van der Waals surface area contributed by atoms with Crippen LogP contribution < -0.4 is 0 Å². The molecule has 0 fully saturated rings. The number of hydrogen-bond acceptors (Lipinski definition) is 1. The fourth-order valence-electron chi connectivity index (χ4n) is 0.829. The molecule has 0 aliphatic rings. The van der Waals surface area contributed by atoms with Crippen LogP contribution in [-0.2, 0) is 0 Å². The number of halogens is 4. The summed E-state index contributed by atoms with van der Waals surface area (Å²) in [6, 6.07) is 0.572. The van der Waals surface area contributed by atoms with Crippen LogP contribution in [-0.4, -0.2) is 5.78 Å². The second-order valence-electron chi connectivity index (χ2n) is 2.40. The van der Waals surface area contributed by atoms with Gasteiger partial charge in [-0.2, -0.15) is 0 Å². The van der Waals surface area contributed by atoms with Crippen molar-refractivity contribution >= 4 is 17.4 Å². The van der Waals surface area contributed by atoms with Gasteiger partial charge in [-0.3, -0.25) is 4.79 Å². The number of hydrogen-bond donors (Lipinski definition) is 0. The van der Waals surface area contributed by atoms with Crippen LogP contribution in [0.3, 0.4) is 0 Å². The molecule has 1 nitrogen and oxygen atoms in total. The van der Waals surface area contributed by atoms with Crippen LogP contribution in [0.1, 0.15) is 17.3 Å². The third kappa shape index (κ3) is 1.67. The average molecular weight is 209 g/mol. The van der Waals surface area contributed by atoms with Crippen LogP contribution in [0.5, 0.6) is 0 Å². The van der Waals surface area contributed by atoms with Gasteiger partial charge in [0.05, 0.1) is 5.56 Å². The van der Waals surface area contributed by atoms with Gasteiger partial charge >= 0.3 is 0 Å². The van der Waals surface area contributed by atoms with Crippen molar-refractivity contribution in [3.05, 3.63) is 34.1 Å². The third-order valence-corrected chi connectivity index (χ3v) is 1.83. The summed E-state index contributed by atoms with van der Waals surface area (Å²) in [6.07, 6.45) is 0. The molecule has 1 rings (SSSR count). The van der Waals surface area contributed by atoms with E-state index < -0.39 is 33.8 Å². The Morgan fingerprint density at radius 1 is 1.31 bits per heavy atom. The third-order valence-electron chi connectivity index (χ3n) is 1.48. The van der Waals surface area contributed by atoms with E-state index in [0.717, 1.165) is 6.92 Å². The van der Waals surface area contributed by atoms with Crippen molar-refractivity contribution in [3.63, 3.8) is 0 Å². The minimum absolute atomic E-state index is 0.572. The van der Waals surface area contributed by atoms with Gasteiger partial charge in [0.15, 0.2) is 17.4 Å². The Kier molecular flexibility index (Phi) is 2.61. The maximum absolute atomic E-state index is 12.8. The maximum atomic E-state index is 12.8. The van der Waals surface area contributed by atoms with E-state index in [1.807, 2.05) is 0 Å². The summed E-state index contributed by atoms with van der Waals surface area (Å²) in [5.41, 5.74) is -0.639. The van der Waals surface area contributed by atoms with E-state index in [-0.39, 0.29) is 0 Å². The van der Waals surface area contributed by atoms with Crippen LogP contribution in [0.25, 0.3) is 0 Å². The Morgan fingerprint density at radius 3 is 2.31 bits per heavy atom. The molecule has 0 heterocycles. The predicted molar refractivity (Wildman–Crippen MR) is 41.3 cm³/mol. The summed E-state index contributed by atoms with van der Waals surface area (Å²) >= 11 is 5.06. The first-order valence-corrected chi connectivity index (χ1v) is 3.67. The average Bonchev–Trinajstić information content (AvgIpc) is 2.07. The van der Waals surface area contributed by atoms with E-state index in [0.29, 0.717) is 6.07 Å². The predicted octanol–water partition coefficient (Wildman–Crippen LogP) is 2.96. The van der Waals surface area contributed by atoms with Crippen molar-refractivity contribution in [2.45, 2.75) is 6.92 Å². The lowest BCUT2D eigenvalue weighted by Crippen LogP contribution is -2.02. The molecule has 13 heavy (non-hydrogen) atoms. The molecule has 1 aromatic rings. The van der Waals surface area contributed by atoms with Gasteiger partial charge in [-0.15, -0.1) is 0 Å². The summed E-state index contributed by atoms with van der Waals surface area (Å²) in [6.45, 7) is 1.01. The molecule has 0 aromatic heterocycles. The van der Waals surface area contributed by atoms with E-state index >= 15 is 0 Å². The van der Waals surface area contributed by atoms with Crippen LogP contribution >= 0.6 is 11.6 Å². The van der Waals surface area contributed by atoms with Crippen molar-refractivity contribution in [1.82, 2.24) is 0 Å². The minimum atomic E-state index is -1.54. The molecule has 0 saturated heterocycles. The Morgan fingerprint density at radius 2 is 1.85 bits per heavy atom. The number of carbonyl (C=O) groups excluding carboxylic acids is 1. The van der Waals surface area contributed by atoms with Crippen LogP contribution in [0.4, 0.5) is 13.2 Å². The van der Waals surface area contributed by atoms with Gasteiger partial charge in [-0.25, -0.2) is 13.2 Å². The highest BCUT2D eigenvalue weighted by atomic mass is 35.5. The van der Waals surface area contributed by atoms with E-state index in [1.54, 1.807) is 0 Å². The summed E-state index contributed by atoms with van der Waals surface area (Å²) < 4.78 is 38.2. The van der Waals surface area contributed by atoms with Crippen LogP contribution in [0.15, 0.2) is 6.07 Å². The summed E-state index contributed by atoms with van der Waals surface area (Å²) in [5.74, 6) is -4.86. The summed E-state index contributed by atoms with van der Waals surface area (Å²) in [4.78, 5) is 10.7. The zero-order valence-corrected chi connectivity index (χ0v) is 7.25. The molecule has 0 radical (unpaired) electrons. The Labute approximate surface area is 77.1 Å². The van der Waals surface area contributed by atoms with Gasteiger partial charge in [0.25, 0.3) is 0 Å². The quantitative estimate of drug-likeness (QED) is 0.394. The van der Waals surface area contributed by atoms with Crippen LogP contribution in [0, 0.1) is 17.5 Å². The molecule has 5 heteroatoms. The Bertz CT molecular complexity index is 376. The minimum Gasteiger partial charge on any atom is -0.294 e. The van der Waals surface area contributed by atoms with Crippen molar-refractivity contribution in [1.29, 1.82) is 0 Å². The standard InChI is InChI=1S/C8H4ClF3O/c1-3(13)4-2-5(10)6(9)8(12)7(4)11/h2H,1H3. The highest BCUT2D eigenvalue weighted by Crippen LogP contribution is 2.24. The molecule has 70 valence electrons. The zero-order valence-electron chi connectivity index (χ0n) is 6.50. The lowest BCUT2D eigenvalue weighted by atomic mass is 10.1. The fraction of sp³-hybridized carbons (Fsp3) is 0.125. The van der Waals surface area contributed by atoms with Gasteiger partial charge in [-0.1, -0.05) is 11.6 Å². The van der Waals surface area contributed by atoms with E-state index in [9.17, 15) is 18.0 Å². The monoisotopic (exact) mass is 208 g/mol. The highest BCUT2D eigenvalue weighted by Gasteiger charge is 2.19. The lowest BCUT2D eigenvalue weighted by Gasteiger charge is -2.02. The zero-order chi connectivity index (χ0) is 10.2. The Hall–Kier alpha value is -1.03. The molecule has 0 unspecified atom stereocenters. The van der Waals surface area contributed by atoms with Gasteiger partial charge in [0.2, 0.25) is 0 Å². The fourth-order valence-corrected chi connectivity index (χ4v) is 0.967. The normalized spacial score (nSPS) is 10.2. The topological polar surface area (TPSA) is 17.1 Å². The maximum Gasteiger partial charge on any atom is 0.181 e. The van der Waals surface area contributed by atoms with Gasteiger partial charge in [-0.05, 0) is 13.0 Å². The van der Waals surface area contributed by atoms with E-state index in [2.05, 4.69) is 0 Å². The molecular weight excluding hydrogens is 205 g/mol. The molecule has 0 N–H and O–H groups in total. The molecule has 0 aliphatic carbocycles. The second kappa shape index (κ2) is 3.38. The van der Waals surface area contributed by atoms with E-state index in [4.69, 9.17) is 11.6 Å².